The summed E-state index contributed by atoms with van der Waals surface area (Å²) in [6.07, 6.45) is 3.25. The van der Waals surface area contributed by atoms with Gasteiger partial charge in [0.2, 0.25) is 5.91 Å². The molecule has 0 spiro atoms. The highest BCUT2D eigenvalue weighted by molar-refractivity contribution is 5.76. The molecule has 0 saturated carbocycles. The van der Waals surface area contributed by atoms with E-state index in [1.807, 2.05) is 35.2 Å². The summed E-state index contributed by atoms with van der Waals surface area (Å²) in [6.45, 7) is 8.19. The number of aryl methyl sites for hydroxylation is 1. The van der Waals surface area contributed by atoms with Gasteiger partial charge in [0.15, 0.2) is 0 Å². The first-order valence-electron chi connectivity index (χ1n) is 7.47. The van der Waals surface area contributed by atoms with Crippen LogP contribution in [0.5, 0.6) is 5.75 Å². The first-order valence-corrected chi connectivity index (χ1v) is 7.47. The van der Waals surface area contributed by atoms with E-state index in [0.717, 1.165) is 50.5 Å². The molecule has 114 valence electrons. The van der Waals surface area contributed by atoms with E-state index in [-0.39, 0.29) is 5.91 Å². The maximum atomic E-state index is 12.2. The van der Waals surface area contributed by atoms with E-state index in [1.165, 1.54) is 0 Å². The van der Waals surface area contributed by atoms with Crippen molar-refractivity contribution in [3.05, 3.63) is 42.5 Å². The van der Waals surface area contributed by atoms with Crippen LogP contribution in [-0.4, -0.2) is 55.5 Å². The van der Waals surface area contributed by atoms with E-state index >= 15 is 0 Å². The molecule has 1 aliphatic heterocycles. The lowest BCUT2D eigenvalue weighted by Crippen LogP contribution is -2.48. The van der Waals surface area contributed by atoms with E-state index < -0.39 is 0 Å². The predicted molar refractivity (Wildman–Crippen MR) is 84.5 cm³/mol. The van der Waals surface area contributed by atoms with Crippen LogP contribution in [-0.2, 0) is 11.2 Å². The molecule has 21 heavy (non-hydrogen) atoms. The standard InChI is InChI=1S/C17H24N2O2/c1-3-9-18-10-12-19(13-11-18)17(20)8-7-15-5-4-6-16(14-15)21-2/h3-6,14H,1,7-13H2,2H3. The van der Waals surface area contributed by atoms with Gasteiger partial charge in [0.25, 0.3) is 0 Å². The Labute approximate surface area is 127 Å². The van der Waals surface area contributed by atoms with Crippen molar-refractivity contribution in [1.82, 2.24) is 9.80 Å². The first-order chi connectivity index (χ1) is 10.2. The topological polar surface area (TPSA) is 32.8 Å². The summed E-state index contributed by atoms with van der Waals surface area (Å²) >= 11 is 0. The average molecular weight is 288 g/mol. The quantitative estimate of drug-likeness (QED) is 0.750. The third kappa shape index (κ3) is 4.60. The number of carbonyl (C=O) groups is 1. The second kappa shape index (κ2) is 7.84. The number of piperazine rings is 1. The zero-order chi connectivity index (χ0) is 15.1. The molecule has 0 radical (unpaired) electrons. The summed E-state index contributed by atoms with van der Waals surface area (Å²) in [4.78, 5) is 16.5. The minimum absolute atomic E-state index is 0.246. The number of hydrogen-bond acceptors (Lipinski definition) is 3. The van der Waals surface area contributed by atoms with Gasteiger partial charge < -0.3 is 9.64 Å². The number of hydrogen-bond donors (Lipinski definition) is 0. The lowest BCUT2D eigenvalue weighted by Gasteiger charge is -2.34. The molecular formula is C17H24N2O2. The van der Waals surface area contributed by atoms with E-state index in [4.69, 9.17) is 4.74 Å². The number of ether oxygens (including phenoxy) is 1. The Morgan fingerprint density at radius 2 is 2.10 bits per heavy atom. The molecule has 0 N–H and O–H groups in total. The van der Waals surface area contributed by atoms with Crippen LogP contribution in [0.25, 0.3) is 0 Å². The van der Waals surface area contributed by atoms with Crippen LogP contribution in [0, 0.1) is 0 Å². The molecular weight excluding hydrogens is 264 g/mol. The van der Waals surface area contributed by atoms with Crippen LogP contribution in [0.2, 0.25) is 0 Å². The van der Waals surface area contributed by atoms with E-state index in [2.05, 4.69) is 11.5 Å². The number of methoxy groups -OCH3 is 1. The molecule has 2 rings (SSSR count). The fourth-order valence-corrected chi connectivity index (χ4v) is 2.60. The number of rotatable bonds is 6. The highest BCUT2D eigenvalue weighted by Gasteiger charge is 2.19. The van der Waals surface area contributed by atoms with Crippen molar-refractivity contribution in [3.8, 4) is 5.75 Å². The third-order valence-electron chi connectivity index (χ3n) is 3.87. The molecule has 1 heterocycles. The molecule has 0 unspecified atom stereocenters. The zero-order valence-electron chi connectivity index (χ0n) is 12.8. The third-order valence-corrected chi connectivity index (χ3v) is 3.87. The van der Waals surface area contributed by atoms with Gasteiger partial charge in [-0.3, -0.25) is 9.69 Å². The van der Waals surface area contributed by atoms with Gasteiger partial charge in [0.05, 0.1) is 7.11 Å². The summed E-state index contributed by atoms with van der Waals surface area (Å²) < 4.78 is 5.20. The largest absolute Gasteiger partial charge is 0.497 e. The van der Waals surface area contributed by atoms with Crippen molar-refractivity contribution >= 4 is 5.91 Å². The van der Waals surface area contributed by atoms with Gasteiger partial charge >= 0.3 is 0 Å². The van der Waals surface area contributed by atoms with Crippen LogP contribution < -0.4 is 4.74 Å². The monoisotopic (exact) mass is 288 g/mol. The number of carbonyl (C=O) groups excluding carboxylic acids is 1. The fraction of sp³-hybridized carbons (Fsp3) is 0.471. The molecule has 4 heteroatoms. The van der Waals surface area contributed by atoms with Crippen LogP contribution >= 0.6 is 0 Å². The Morgan fingerprint density at radius 1 is 1.33 bits per heavy atom. The molecule has 1 aromatic carbocycles. The molecule has 0 aliphatic carbocycles. The van der Waals surface area contributed by atoms with Crippen molar-refractivity contribution in [1.29, 1.82) is 0 Å². The van der Waals surface area contributed by atoms with Crippen LogP contribution in [0.1, 0.15) is 12.0 Å². The lowest BCUT2D eigenvalue weighted by atomic mass is 10.1. The maximum absolute atomic E-state index is 12.2. The van der Waals surface area contributed by atoms with Crippen LogP contribution in [0.4, 0.5) is 0 Å². The first kappa shape index (κ1) is 15.6. The Morgan fingerprint density at radius 3 is 2.76 bits per heavy atom. The lowest BCUT2D eigenvalue weighted by molar-refractivity contribution is -0.132. The number of benzene rings is 1. The van der Waals surface area contributed by atoms with Crippen molar-refractivity contribution in [2.45, 2.75) is 12.8 Å². The molecule has 1 amide bonds. The van der Waals surface area contributed by atoms with Gasteiger partial charge in [-0.2, -0.15) is 0 Å². The highest BCUT2D eigenvalue weighted by atomic mass is 16.5. The smallest absolute Gasteiger partial charge is 0.222 e. The van der Waals surface area contributed by atoms with Crippen LogP contribution in [0.15, 0.2) is 36.9 Å². The summed E-state index contributed by atoms with van der Waals surface area (Å²) in [5, 5.41) is 0. The van der Waals surface area contributed by atoms with Crippen molar-refractivity contribution < 1.29 is 9.53 Å². The average Bonchev–Trinajstić information content (AvgIpc) is 2.54. The normalized spacial score (nSPS) is 15.8. The van der Waals surface area contributed by atoms with E-state index in [1.54, 1.807) is 7.11 Å². The minimum atomic E-state index is 0.246. The Bertz CT molecular complexity index is 479. The molecule has 1 aromatic rings. The molecule has 1 saturated heterocycles. The van der Waals surface area contributed by atoms with Crippen molar-refractivity contribution in [2.75, 3.05) is 39.8 Å². The van der Waals surface area contributed by atoms with E-state index in [9.17, 15) is 4.79 Å². The second-order valence-electron chi connectivity index (χ2n) is 5.32. The van der Waals surface area contributed by atoms with Gasteiger partial charge in [0.1, 0.15) is 5.75 Å². The van der Waals surface area contributed by atoms with Crippen molar-refractivity contribution in [3.63, 3.8) is 0 Å². The van der Waals surface area contributed by atoms with Crippen LogP contribution in [0.3, 0.4) is 0 Å². The number of amides is 1. The molecule has 1 aliphatic rings. The Balaban J connectivity index is 1.78. The highest BCUT2D eigenvalue weighted by Crippen LogP contribution is 2.14. The predicted octanol–water partition coefficient (Wildman–Crippen LogP) is 1.96. The van der Waals surface area contributed by atoms with Gasteiger partial charge in [-0.15, -0.1) is 6.58 Å². The summed E-state index contributed by atoms with van der Waals surface area (Å²) in [7, 11) is 1.66. The Kier molecular flexibility index (Phi) is 5.81. The maximum Gasteiger partial charge on any atom is 0.222 e. The molecule has 0 atom stereocenters. The summed E-state index contributed by atoms with van der Waals surface area (Å²) in [5.74, 6) is 1.09. The van der Waals surface area contributed by atoms with E-state index in [0.29, 0.717) is 6.42 Å². The van der Waals surface area contributed by atoms with Gasteiger partial charge in [-0.25, -0.2) is 0 Å². The van der Waals surface area contributed by atoms with Gasteiger partial charge in [-0.1, -0.05) is 18.2 Å². The SMILES string of the molecule is C=CCN1CCN(C(=O)CCc2cccc(OC)c2)CC1. The summed E-state index contributed by atoms with van der Waals surface area (Å²) in [5.41, 5.74) is 1.15. The zero-order valence-corrected chi connectivity index (χ0v) is 12.8. The minimum Gasteiger partial charge on any atom is -0.497 e. The second-order valence-corrected chi connectivity index (χ2v) is 5.32. The Hall–Kier alpha value is -1.81. The summed E-state index contributed by atoms with van der Waals surface area (Å²) in [6, 6.07) is 7.92. The number of nitrogens with zero attached hydrogens (tertiary/aromatic N) is 2. The molecule has 4 nitrogen and oxygen atoms in total. The van der Waals surface area contributed by atoms with Gasteiger partial charge in [0, 0.05) is 39.1 Å². The molecule has 0 bridgehead atoms. The molecule has 0 aromatic heterocycles. The van der Waals surface area contributed by atoms with Crippen molar-refractivity contribution in [2.24, 2.45) is 0 Å². The fourth-order valence-electron chi connectivity index (χ4n) is 2.60. The molecule has 1 fully saturated rings. The van der Waals surface area contributed by atoms with Gasteiger partial charge in [-0.05, 0) is 24.1 Å².